The molecule has 0 saturated heterocycles. The predicted molar refractivity (Wildman–Crippen MR) is 66.1 cm³/mol. The maximum Gasteiger partial charge on any atom is 0.264 e. The molecule has 0 aliphatic rings. The number of hydrogen-bond acceptors (Lipinski definition) is 4. The molecule has 0 aliphatic heterocycles. The largest absolute Gasteiger partial charge is 0.374 e. The van der Waals surface area contributed by atoms with Crippen molar-refractivity contribution in [3.05, 3.63) is 35.9 Å². The normalized spacial score (nSPS) is 13.5. The van der Waals surface area contributed by atoms with Crippen LogP contribution in [0.5, 0.6) is 0 Å². The fourth-order valence-corrected chi connectivity index (χ4v) is 1.66. The summed E-state index contributed by atoms with van der Waals surface area (Å²) in [6, 6.07) is 9.83. The lowest BCUT2D eigenvalue weighted by atomic mass is 10.2. The second-order valence-electron chi connectivity index (χ2n) is 3.92. The number of ether oxygens (including phenoxy) is 1. The van der Waals surface area contributed by atoms with Crippen LogP contribution in [0.25, 0.3) is 0 Å². The maximum absolute atomic E-state index is 10.7. The zero-order chi connectivity index (χ0) is 12.7. The van der Waals surface area contributed by atoms with Crippen LogP contribution in [0.15, 0.2) is 30.3 Å². The summed E-state index contributed by atoms with van der Waals surface area (Å²) in [6.45, 7) is 2.59. The molecule has 0 bridgehead atoms. The summed E-state index contributed by atoms with van der Waals surface area (Å²) in [6.07, 6.45) is 1.57. The molecule has 0 spiro atoms. The first-order valence-corrected chi connectivity index (χ1v) is 7.29. The van der Waals surface area contributed by atoms with Crippen molar-refractivity contribution in [1.29, 1.82) is 0 Å². The van der Waals surface area contributed by atoms with Crippen LogP contribution in [0.1, 0.15) is 18.9 Å². The Morgan fingerprint density at radius 3 is 2.47 bits per heavy atom. The summed E-state index contributed by atoms with van der Waals surface area (Å²) < 4.78 is 31.7. The Morgan fingerprint density at radius 1 is 1.24 bits per heavy atom. The van der Waals surface area contributed by atoms with E-state index in [1.165, 1.54) is 0 Å². The Morgan fingerprint density at radius 2 is 1.88 bits per heavy atom. The average Bonchev–Trinajstić information content (AvgIpc) is 2.26. The number of hydrogen-bond donors (Lipinski definition) is 0. The lowest BCUT2D eigenvalue weighted by molar-refractivity contribution is 0.0393. The van der Waals surface area contributed by atoms with E-state index in [2.05, 4.69) is 4.18 Å². The van der Waals surface area contributed by atoms with E-state index in [-0.39, 0.29) is 12.7 Å². The van der Waals surface area contributed by atoms with Crippen LogP contribution in [-0.4, -0.2) is 27.4 Å². The van der Waals surface area contributed by atoms with Gasteiger partial charge in [0.15, 0.2) is 0 Å². The third kappa shape index (κ3) is 7.10. The van der Waals surface area contributed by atoms with Crippen LogP contribution >= 0.6 is 0 Å². The number of rotatable bonds is 7. The SMILES string of the molecule is CC(CCOS(C)(=O)=O)OCc1ccccc1. The van der Waals surface area contributed by atoms with E-state index in [1.807, 2.05) is 37.3 Å². The van der Waals surface area contributed by atoms with Crippen molar-refractivity contribution in [2.45, 2.75) is 26.1 Å². The van der Waals surface area contributed by atoms with Gasteiger partial charge in [0.1, 0.15) is 0 Å². The second kappa shape index (κ2) is 6.74. The molecule has 1 unspecified atom stereocenters. The quantitative estimate of drug-likeness (QED) is 0.702. The molecule has 1 atom stereocenters. The highest BCUT2D eigenvalue weighted by Crippen LogP contribution is 2.06. The minimum Gasteiger partial charge on any atom is -0.374 e. The number of benzene rings is 1. The van der Waals surface area contributed by atoms with Crippen LogP contribution in [0.2, 0.25) is 0 Å². The molecule has 0 fully saturated rings. The molecule has 1 rings (SSSR count). The molecule has 0 N–H and O–H groups in total. The van der Waals surface area contributed by atoms with Gasteiger partial charge in [-0.3, -0.25) is 4.18 Å². The Bertz CT molecular complexity index is 413. The Hall–Kier alpha value is -0.910. The predicted octanol–water partition coefficient (Wildman–Crippen LogP) is 1.96. The molecule has 0 amide bonds. The fraction of sp³-hybridized carbons (Fsp3) is 0.500. The van der Waals surface area contributed by atoms with Crippen LogP contribution in [0.3, 0.4) is 0 Å². The summed E-state index contributed by atoms with van der Waals surface area (Å²) in [5.41, 5.74) is 1.10. The van der Waals surface area contributed by atoms with E-state index >= 15 is 0 Å². The van der Waals surface area contributed by atoms with E-state index in [4.69, 9.17) is 4.74 Å². The van der Waals surface area contributed by atoms with Gasteiger partial charge in [0, 0.05) is 0 Å². The van der Waals surface area contributed by atoms with Gasteiger partial charge in [-0.05, 0) is 18.9 Å². The van der Waals surface area contributed by atoms with E-state index < -0.39 is 10.1 Å². The molecule has 0 radical (unpaired) electrons. The maximum atomic E-state index is 10.7. The van der Waals surface area contributed by atoms with Crippen molar-refractivity contribution in [1.82, 2.24) is 0 Å². The highest BCUT2D eigenvalue weighted by atomic mass is 32.2. The van der Waals surface area contributed by atoms with Gasteiger partial charge in [-0.2, -0.15) is 8.42 Å². The van der Waals surface area contributed by atoms with Crippen molar-refractivity contribution >= 4 is 10.1 Å². The molecule has 96 valence electrons. The van der Waals surface area contributed by atoms with Crippen molar-refractivity contribution in [3.63, 3.8) is 0 Å². The third-order valence-electron chi connectivity index (χ3n) is 2.20. The fourth-order valence-electron chi connectivity index (χ4n) is 1.26. The van der Waals surface area contributed by atoms with Crippen molar-refractivity contribution in [3.8, 4) is 0 Å². The lowest BCUT2D eigenvalue weighted by Gasteiger charge is -2.12. The van der Waals surface area contributed by atoms with Gasteiger partial charge >= 0.3 is 0 Å². The van der Waals surface area contributed by atoms with Gasteiger partial charge < -0.3 is 4.74 Å². The molecular formula is C12H18O4S. The molecule has 0 aromatic heterocycles. The zero-order valence-corrected chi connectivity index (χ0v) is 10.9. The Balaban J connectivity index is 2.20. The summed E-state index contributed by atoms with van der Waals surface area (Å²) in [4.78, 5) is 0. The second-order valence-corrected chi connectivity index (χ2v) is 5.57. The van der Waals surface area contributed by atoms with Gasteiger partial charge in [-0.25, -0.2) is 0 Å². The minimum atomic E-state index is -3.34. The molecule has 0 heterocycles. The van der Waals surface area contributed by atoms with Crippen LogP contribution < -0.4 is 0 Å². The van der Waals surface area contributed by atoms with Gasteiger partial charge in [0.05, 0.1) is 25.6 Å². The molecule has 0 saturated carbocycles. The monoisotopic (exact) mass is 258 g/mol. The molecule has 4 nitrogen and oxygen atoms in total. The molecule has 5 heteroatoms. The van der Waals surface area contributed by atoms with Crippen molar-refractivity contribution in [2.24, 2.45) is 0 Å². The smallest absolute Gasteiger partial charge is 0.264 e. The first kappa shape index (κ1) is 14.2. The van der Waals surface area contributed by atoms with Crippen LogP contribution in [-0.2, 0) is 25.6 Å². The molecular weight excluding hydrogens is 240 g/mol. The summed E-state index contributed by atoms with van der Waals surface area (Å²) in [7, 11) is -3.34. The molecule has 0 aliphatic carbocycles. The van der Waals surface area contributed by atoms with E-state index in [1.54, 1.807) is 0 Å². The molecule has 17 heavy (non-hydrogen) atoms. The van der Waals surface area contributed by atoms with Gasteiger partial charge in [0.2, 0.25) is 0 Å². The highest BCUT2D eigenvalue weighted by molar-refractivity contribution is 7.85. The highest BCUT2D eigenvalue weighted by Gasteiger charge is 2.06. The van der Waals surface area contributed by atoms with Gasteiger partial charge in [-0.1, -0.05) is 30.3 Å². The topological polar surface area (TPSA) is 52.6 Å². The molecule has 1 aromatic rings. The summed E-state index contributed by atoms with van der Waals surface area (Å²) in [5, 5.41) is 0. The third-order valence-corrected chi connectivity index (χ3v) is 2.79. The Labute approximate surface area is 103 Å². The van der Waals surface area contributed by atoms with E-state index in [0.717, 1.165) is 11.8 Å². The van der Waals surface area contributed by atoms with Crippen molar-refractivity contribution in [2.75, 3.05) is 12.9 Å². The zero-order valence-electron chi connectivity index (χ0n) is 10.1. The first-order valence-electron chi connectivity index (χ1n) is 5.47. The van der Waals surface area contributed by atoms with Crippen LogP contribution in [0.4, 0.5) is 0 Å². The standard InChI is InChI=1S/C12H18O4S/c1-11(8-9-16-17(2,13)14)15-10-12-6-4-3-5-7-12/h3-7,11H,8-10H2,1-2H3. The first-order chi connectivity index (χ1) is 7.97. The average molecular weight is 258 g/mol. The van der Waals surface area contributed by atoms with E-state index in [9.17, 15) is 8.42 Å². The van der Waals surface area contributed by atoms with Gasteiger partial charge in [-0.15, -0.1) is 0 Å². The summed E-state index contributed by atoms with van der Waals surface area (Å²) >= 11 is 0. The van der Waals surface area contributed by atoms with E-state index in [0.29, 0.717) is 13.0 Å². The molecule has 1 aromatic carbocycles. The lowest BCUT2D eigenvalue weighted by Crippen LogP contribution is -2.13. The minimum absolute atomic E-state index is 0.0306. The van der Waals surface area contributed by atoms with Crippen LogP contribution in [0, 0.1) is 0 Å². The summed E-state index contributed by atoms with van der Waals surface area (Å²) in [5.74, 6) is 0. The van der Waals surface area contributed by atoms with Crippen molar-refractivity contribution < 1.29 is 17.3 Å². The van der Waals surface area contributed by atoms with Gasteiger partial charge in [0.25, 0.3) is 10.1 Å². The Kier molecular flexibility index (Phi) is 5.61.